The maximum Gasteiger partial charge on any atom is 0.404 e. The number of hydrogen-bond donors (Lipinski definition) is 1. The van der Waals surface area contributed by atoms with Gasteiger partial charge in [-0.3, -0.25) is 4.90 Å². The van der Waals surface area contributed by atoms with Gasteiger partial charge in [0.05, 0.1) is 0 Å². The zero-order chi connectivity index (χ0) is 11.3. The average molecular weight is 224 g/mol. The van der Waals surface area contributed by atoms with E-state index in [1.807, 2.05) is 6.92 Å². The molecule has 1 atom stereocenters. The average Bonchev–Trinajstić information content (AvgIpc) is 2.18. The lowest BCUT2D eigenvalue weighted by Gasteiger charge is -2.35. The monoisotopic (exact) mass is 224 g/mol. The highest BCUT2D eigenvalue weighted by molar-refractivity contribution is 4.82. The Bertz CT molecular complexity index is 176. The fourth-order valence-electron chi connectivity index (χ4n) is 1.94. The zero-order valence-corrected chi connectivity index (χ0v) is 9.11. The van der Waals surface area contributed by atoms with Crippen LogP contribution in [0.2, 0.25) is 0 Å². The third-order valence-electron chi connectivity index (χ3n) is 2.80. The van der Waals surface area contributed by atoms with Gasteiger partial charge in [0, 0.05) is 26.2 Å². The van der Waals surface area contributed by atoms with Crippen LogP contribution in [-0.4, -0.2) is 43.3 Å². The Morgan fingerprint density at radius 3 is 2.33 bits per heavy atom. The minimum Gasteiger partial charge on any atom is -0.314 e. The molecule has 0 radical (unpaired) electrons. The van der Waals surface area contributed by atoms with Gasteiger partial charge in [0.15, 0.2) is 0 Å². The lowest BCUT2D eigenvalue weighted by Crippen LogP contribution is -2.53. The lowest BCUT2D eigenvalue weighted by molar-refractivity contribution is -0.187. The number of rotatable bonds is 4. The second-order valence-corrected chi connectivity index (χ2v) is 3.99. The Morgan fingerprint density at radius 2 is 1.87 bits per heavy atom. The van der Waals surface area contributed by atoms with Gasteiger partial charge in [-0.1, -0.05) is 19.8 Å². The molecular weight excluding hydrogens is 205 g/mol. The second kappa shape index (κ2) is 5.70. The molecule has 0 aromatic carbocycles. The minimum absolute atomic E-state index is 0.236. The summed E-state index contributed by atoms with van der Waals surface area (Å²) in [5.74, 6) is 0. The van der Waals surface area contributed by atoms with Crippen LogP contribution in [0.3, 0.4) is 0 Å². The number of alkyl halides is 3. The van der Waals surface area contributed by atoms with Crippen molar-refractivity contribution in [3.63, 3.8) is 0 Å². The molecule has 1 saturated heterocycles. The lowest BCUT2D eigenvalue weighted by atomic mass is 10.1. The van der Waals surface area contributed by atoms with E-state index >= 15 is 0 Å². The minimum atomic E-state index is -4.08. The molecular formula is C10H19F3N2. The molecule has 1 aliphatic rings. The molecule has 1 rings (SSSR count). The standard InChI is InChI=1S/C10H19F3N2/c1-2-3-4-9(10(11,12)13)15-7-5-14-6-8-15/h9,14H,2-8H2,1H3/t9-/m1/s1. The predicted molar refractivity (Wildman–Crippen MR) is 53.8 cm³/mol. The normalized spacial score (nSPS) is 21.6. The first kappa shape index (κ1) is 12.8. The van der Waals surface area contributed by atoms with Crippen LogP contribution in [0.5, 0.6) is 0 Å². The summed E-state index contributed by atoms with van der Waals surface area (Å²) >= 11 is 0. The van der Waals surface area contributed by atoms with Crippen molar-refractivity contribution in [1.82, 2.24) is 10.2 Å². The number of unbranched alkanes of at least 4 members (excludes halogenated alkanes) is 1. The van der Waals surface area contributed by atoms with Crippen molar-refractivity contribution in [2.75, 3.05) is 26.2 Å². The highest BCUT2D eigenvalue weighted by Gasteiger charge is 2.42. The van der Waals surface area contributed by atoms with Crippen molar-refractivity contribution in [3.05, 3.63) is 0 Å². The summed E-state index contributed by atoms with van der Waals surface area (Å²) in [4.78, 5) is 1.56. The van der Waals surface area contributed by atoms with Crippen molar-refractivity contribution in [1.29, 1.82) is 0 Å². The first-order chi connectivity index (χ1) is 7.05. The van der Waals surface area contributed by atoms with Crippen molar-refractivity contribution >= 4 is 0 Å². The maximum atomic E-state index is 12.8. The molecule has 90 valence electrons. The van der Waals surface area contributed by atoms with E-state index in [1.54, 1.807) is 4.90 Å². The smallest absolute Gasteiger partial charge is 0.314 e. The summed E-state index contributed by atoms with van der Waals surface area (Å²) < 4.78 is 38.3. The number of nitrogens with zero attached hydrogens (tertiary/aromatic N) is 1. The quantitative estimate of drug-likeness (QED) is 0.786. The number of piperazine rings is 1. The Balaban J connectivity index is 2.53. The molecule has 0 aromatic heterocycles. The van der Waals surface area contributed by atoms with Crippen LogP contribution in [0.1, 0.15) is 26.2 Å². The summed E-state index contributed by atoms with van der Waals surface area (Å²) in [5, 5.41) is 3.07. The summed E-state index contributed by atoms with van der Waals surface area (Å²) in [7, 11) is 0. The molecule has 0 spiro atoms. The molecule has 0 amide bonds. The van der Waals surface area contributed by atoms with Gasteiger partial charge in [-0.15, -0.1) is 0 Å². The number of hydrogen-bond acceptors (Lipinski definition) is 2. The van der Waals surface area contributed by atoms with Crippen LogP contribution < -0.4 is 5.32 Å². The molecule has 0 unspecified atom stereocenters. The van der Waals surface area contributed by atoms with Gasteiger partial charge in [0.25, 0.3) is 0 Å². The van der Waals surface area contributed by atoms with Crippen LogP contribution in [0, 0.1) is 0 Å². The fourth-order valence-corrected chi connectivity index (χ4v) is 1.94. The zero-order valence-electron chi connectivity index (χ0n) is 9.11. The number of nitrogens with one attached hydrogen (secondary N) is 1. The Morgan fingerprint density at radius 1 is 1.27 bits per heavy atom. The third kappa shape index (κ3) is 3.99. The van der Waals surface area contributed by atoms with Crippen molar-refractivity contribution in [3.8, 4) is 0 Å². The Hall–Kier alpha value is -0.290. The topological polar surface area (TPSA) is 15.3 Å². The first-order valence-electron chi connectivity index (χ1n) is 5.57. The van der Waals surface area contributed by atoms with Gasteiger partial charge in [-0.05, 0) is 6.42 Å². The highest BCUT2D eigenvalue weighted by Crippen LogP contribution is 2.28. The molecule has 5 heteroatoms. The van der Waals surface area contributed by atoms with Crippen LogP contribution in [0.25, 0.3) is 0 Å². The van der Waals surface area contributed by atoms with Crippen molar-refractivity contribution in [2.24, 2.45) is 0 Å². The molecule has 1 aliphatic heterocycles. The van der Waals surface area contributed by atoms with Gasteiger partial charge in [0.1, 0.15) is 6.04 Å². The number of halogens is 3. The molecule has 2 nitrogen and oxygen atoms in total. The van der Waals surface area contributed by atoms with Crippen molar-refractivity contribution in [2.45, 2.75) is 38.4 Å². The van der Waals surface area contributed by atoms with Crippen molar-refractivity contribution < 1.29 is 13.2 Å². The van der Waals surface area contributed by atoms with E-state index in [0.717, 1.165) is 6.42 Å². The Kier molecular flexibility index (Phi) is 4.86. The van der Waals surface area contributed by atoms with E-state index in [0.29, 0.717) is 32.6 Å². The van der Waals surface area contributed by atoms with Crippen LogP contribution in [0.4, 0.5) is 13.2 Å². The van der Waals surface area contributed by atoms with E-state index < -0.39 is 12.2 Å². The molecule has 1 heterocycles. The summed E-state index contributed by atoms with van der Waals surface area (Å²) in [6, 6.07) is -1.24. The van der Waals surface area contributed by atoms with Gasteiger partial charge in [-0.25, -0.2) is 0 Å². The second-order valence-electron chi connectivity index (χ2n) is 3.99. The fraction of sp³-hybridized carbons (Fsp3) is 1.00. The molecule has 0 aromatic rings. The van der Waals surface area contributed by atoms with E-state index in [9.17, 15) is 13.2 Å². The molecule has 1 fully saturated rings. The maximum absolute atomic E-state index is 12.8. The molecule has 0 bridgehead atoms. The van der Waals surface area contributed by atoms with Gasteiger partial charge < -0.3 is 5.32 Å². The molecule has 0 aliphatic carbocycles. The summed E-state index contributed by atoms with van der Waals surface area (Å²) in [6.45, 7) is 4.27. The largest absolute Gasteiger partial charge is 0.404 e. The summed E-state index contributed by atoms with van der Waals surface area (Å²) in [5.41, 5.74) is 0. The predicted octanol–water partition coefficient (Wildman–Crippen LogP) is 2.01. The van der Waals surface area contributed by atoms with E-state index in [4.69, 9.17) is 0 Å². The molecule has 15 heavy (non-hydrogen) atoms. The highest BCUT2D eigenvalue weighted by atomic mass is 19.4. The van der Waals surface area contributed by atoms with E-state index in [-0.39, 0.29) is 6.42 Å². The van der Waals surface area contributed by atoms with Crippen LogP contribution >= 0.6 is 0 Å². The Labute approximate surface area is 88.8 Å². The molecule has 1 N–H and O–H groups in total. The van der Waals surface area contributed by atoms with E-state index in [2.05, 4.69) is 5.32 Å². The van der Waals surface area contributed by atoms with E-state index in [1.165, 1.54) is 0 Å². The van der Waals surface area contributed by atoms with Crippen LogP contribution in [-0.2, 0) is 0 Å². The third-order valence-corrected chi connectivity index (χ3v) is 2.80. The van der Waals surface area contributed by atoms with Gasteiger partial charge in [0.2, 0.25) is 0 Å². The van der Waals surface area contributed by atoms with Gasteiger partial charge >= 0.3 is 6.18 Å². The summed E-state index contributed by atoms with van der Waals surface area (Å²) in [6.07, 6.45) is -2.38. The SMILES string of the molecule is CCCC[C@@H](N1CCNCC1)C(F)(F)F. The van der Waals surface area contributed by atoms with Crippen LogP contribution in [0.15, 0.2) is 0 Å². The van der Waals surface area contributed by atoms with Gasteiger partial charge in [-0.2, -0.15) is 13.2 Å². The first-order valence-corrected chi connectivity index (χ1v) is 5.57. The molecule has 0 saturated carbocycles.